The van der Waals surface area contributed by atoms with Crippen LogP contribution in [0.25, 0.3) is 0 Å². The van der Waals surface area contributed by atoms with Crippen LogP contribution in [0.5, 0.6) is 5.75 Å². The van der Waals surface area contributed by atoms with Crippen LogP contribution in [-0.4, -0.2) is 39.7 Å². The molecule has 3 N–H and O–H groups in total. The number of nitrogens with zero attached hydrogens (tertiary/aromatic N) is 2. The smallest absolute Gasteiger partial charge is 0.287 e. The van der Waals surface area contributed by atoms with E-state index in [4.69, 9.17) is 9.83 Å². The van der Waals surface area contributed by atoms with Crippen molar-refractivity contribution in [2.45, 2.75) is 45.2 Å². The maximum atomic E-state index is 13.1. The molecule has 4 rings (SSSR count). The first-order chi connectivity index (χ1) is 16.0. The molecule has 0 bridgehead atoms. The monoisotopic (exact) mass is 446 g/mol. The van der Waals surface area contributed by atoms with Gasteiger partial charge in [-0.3, -0.25) is 14.7 Å². The van der Waals surface area contributed by atoms with Crippen molar-refractivity contribution < 1.29 is 14.3 Å². The summed E-state index contributed by atoms with van der Waals surface area (Å²) >= 11 is 0. The van der Waals surface area contributed by atoms with E-state index < -0.39 is 6.04 Å². The van der Waals surface area contributed by atoms with Gasteiger partial charge in [0.1, 0.15) is 11.5 Å². The molecule has 3 aromatic rings. The highest BCUT2D eigenvalue weighted by molar-refractivity contribution is 5.99. The summed E-state index contributed by atoms with van der Waals surface area (Å²) in [4.78, 5) is 19.6. The summed E-state index contributed by atoms with van der Waals surface area (Å²) in [5, 5.41) is 21.9. The molecule has 33 heavy (non-hydrogen) atoms. The van der Waals surface area contributed by atoms with E-state index in [1.807, 2.05) is 19.1 Å². The molecule has 0 saturated carbocycles. The number of aromatic nitrogens is 1. The van der Waals surface area contributed by atoms with Gasteiger partial charge in [0, 0.05) is 47.8 Å². The predicted molar refractivity (Wildman–Crippen MR) is 127 cm³/mol. The van der Waals surface area contributed by atoms with Gasteiger partial charge in [0.05, 0.1) is 6.04 Å². The molecule has 1 fully saturated rings. The molecular weight excluding hydrogens is 416 g/mol. The molecule has 1 aliphatic rings. The number of amides is 1. The highest BCUT2D eigenvalue weighted by Gasteiger charge is 2.24. The second-order valence-corrected chi connectivity index (χ2v) is 8.54. The molecule has 172 valence electrons. The molecule has 1 amide bonds. The molecule has 0 aliphatic carbocycles. The lowest BCUT2D eigenvalue weighted by Gasteiger charge is -2.25. The Bertz CT molecular complexity index is 1100. The van der Waals surface area contributed by atoms with Gasteiger partial charge < -0.3 is 20.2 Å². The van der Waals surface area contributed by atoms with E-state index in [9.17, 15) is 9.90 Å². The van der Waals surface area contributed by atoms with Gasteiger partial charge >= 0.3 is 0 Å². The molecule has 1 saturated heterocycles. The van der Waals surface area contributed by atoms with Gasteiger partial charge in [0.25, 0.3) is 5.91 Å². The Morgan fingerprint density at radius 2 is 2.00 bits per heavy atom. The van der Waals surface area contributed by atoms with Crippen LogP contribution in [0.1, 0.15) is 64.7 Å². The average molecular weight is 447 g/mol. The Morgan fingerprint density at radius 3 is 2.73 bits per heavy atom. The molecule has 0 spiro atoms. The highest BCUT2D eigenvalue weighted by atomic mass is 16.3. The number of carbonyl (C=O) groups is 1. The minimum Gasteiger partial charge on any atom is -0.508 e. The summed E-state index contributed by atoms with van der Waals surface area (Å²) in [7, 11) is 0. The van der Waals surface area contributed by atoms with Gasteiger partial charge in [-0.25, -0.2) is 0 Å². The number of phenols is 1. The van der Waals surface area contributed by atoms with Crippen molar-refractivity contribution in [1.29, 1.82) is 5.41 Å². The minimum absolute atomic E-state index is 0.0724. The summed E-state index contributed by atoms with van der Waals surface area (Å²) < 4.78 is 5.81. The normalized spacial score (nSPS) is 15.2. The number of hydrogen-bond donors (Lipinski definition) is 3. The zero-order valence-electron chi connectivity index (χ0n) is 18.9. The third kappa shape index (κ3) is 5.68. The molecule has 1 atom stereocenters. The van der Waals surface area contributed by atoms with Crippen LogP contribution in [0.15, 0.2) is 59.3 Å². The summed E-state index contributed by atoms with van der Waals surface area (Å²) in [6.45, 7) is 4.79. The number of rotatable bonds is 8. The second kappa shape index (κ2) is 10.4. The highest BCUT2D eigenvalue weighted by Crippen LogP contribution is 2.28. The number of hydrogen-bond acceptors (Lipinski definition) is 6. The first-order valence-electron chi connectivity index (χ1n) is 11.4. The van der Waals surface area contributed by atoms with Gasteiger partial charge in [-0.05, 0) is 51.1 Å². The number of pyridine rings is 1. The average Bonchev–Trinajstić information content (AvgIpc) is 3.20. The first-order valence-corrected chi connectivity index (χ1v) is 11.4. The number of furan rings is 1. The van der Waals surface area contributed by atoms with E-state index >= 15 is 0 Å². The van der Waals surface area contributed by atoms with Crippen LogP contribution in [-0.2, 0) is 6.54 Å². The maximum absolute atomic E-state index is 13.1. The summed E-state index contributed by atoms with van der Waals surface area (Å²) in [6, 6.07) is 11.7. The zero-order chi connectivity index (χ0) is 23.2. The third-order valence-corrected chi connectivity index (χ3v) is 6.12. The van der Waals surface area contributed by atoms with Crippen LogP contribution in [0.4, 0.5) is 0 Å². The van der Waals surface area contributed by atoms with Crippen molar-refractivity contribution >= 4 is 11.6 Å². The van der Waals surface area contributed by atoms with E-state index in [0.717, 1.165) is 31.0 Å². The van der Waals surface area contributed by atoms with Gasteiger partial charge in [0.15, 0.2) is 5.76 Å². The zero-order valence-corrected chi connectivity index (χ0v) is 18.9. The second-order valence-electron chi connectivity index (χ2n) is 8.54. The number of nitrogens with one attached hydrogen (secondary N) is 2. The Labute approximate surface area is 194 Å². The van der Waals surface area contributed by atoms with Crippen molar-refractivity contribution in [3.05, 3.63) is 83.1 Å². The molecule has 1 unspecified atom stereocenters. The van der Waals surface area contributed by atoms with Crippen LogP contribution in [0.3, 0.4) is 0 Å². The number of aryl methyl sites for hydroxylation is 1. The molecule has 2 aromatic heterocycles. The quantitative estimate of drug-likeness (QED) is 0.439. The Hall–Kier alpha value is -3.45. The Balaban J connectivity index is 1.52. The number of phenolic OH excluding ortho intramolecular Hbond substituents is 1. The fraction of sp³-hybridized carbons (Fsp3) is 0.346. The fourth-order valence-electron chi connectivity index (χ4n) is 4.26. The van der Waals surface area contributed by atoms with Crippen molar-refractivity contribution in [3.63, 3.8) is 0 Å². The number of likely N-dealkylation sites (tertiary alicyclic amines) is 1. The van der Waals surface area contributed by atoms with Gasteiger partial charge in [-0.15, -0.1) is 0 Å². The fourth-order valence-corrected chi connectivity index (χ4v) is 4.26. The molecule has 7 heteroatoms. The molecule has 3 heterocycles. The predicted octanol–water partition coefficient (Wildman–Crippen LogP) is 4.60. The molecule has 1 aromatic carbocycles. The molecular formula is C26H30N4O3. The molecule has 7 nitrogen and oxygen atoms in total. The summed E-state index contributed by atoms with van der Waals surface area (Å²) in [5.41, 5.74) is 2.56. The van der Waals surface area contributed by atoms with E-state index in [0.29, 0.717) is 16.8 Å². The van der Waals surface area contributed by atoms with Crippen LogP contribution < -0.4 is 5.32 Å². The maximum Gasteiger partial charge on any atom is 0.287 e. The molecule has 1 aliphatic heterocycles. The van der Waals surface area contributed by atoms with E-state index in [2.05, 4.69) is 15.2 Å². The molecule has 0 radical (unpaired) electrons. The van der Waals surface area contributed by atoms with Crippen LogP contribution >= 0.6 is 0 Å². The van der Waals surface area contributed by atoms with Crippen molar-refractivity contribution in [2.24, 2.45) is 0 Å². The van der Waals surface area contributed by atoms with Gasteiger partial charge in [-0.2, -0.15) is 0 Å². The number of carbonyl (C=O) groups excluding carboxylic acids is 1. The standard InChI is InChI=1S/C26H30N4O3/c1-18-20(17-30-12-5-2-6-13-30)14-25(33-18)26(32)29-23(21-9-3-4-10-24(21)31)15-22(27)19-8-7-11-28-16-19/h3-4,7-11,14,16,23,27,31H,2,5-6,12-13,15,17H2,1H3,(H,29,32). The number of para-hydroxylation sites is 1. The lowest BCUT2D eigenvalue weighted by Crippen LogP contribution is -2.30. The van der Waals surface area contributed by atoms with Gasteiger partial charge in [0.2, 0.25) is 0 Å². The Morgan fingerprint density at radius 1 is 1.21 bits per heavy atom. The van der Waals surface area contributed by atoms with E-state index in [1.54, 1.807) is 42.7 Å². The topological polar surface area (TPSA) is 102 Å². The Kier molecular flexibility index (Phi) is 7.19. The SMILES string of the molecule is Cc1oc(C(=O)NC(CC(=N)c2cccnc2)c2ccccc2O)cc1CN1CCCCC1. The number of aromatic hydroxyl groups is 1. The van der Waals surface area contributed by atoms with Crippen LogP contribution in [0.2, 0.25) is 0 Å². The largest absolute Gasteiger partial charge is 0.508 e. The lowest BCUT2D eigenvalue weighted by atomic mass is 9.97. The van der Waals surface area contributed by atoms with Gasteiger partial charge in [-0.1, -0.05) is 30.7 Å². The van der Waals surface area contributed by atoms with E-state index in [-0.39, 0.29) is 23.8 Å². The summed E-state index contributed by atoms with van der Waals surface area (Å²) in [5.74, 6) is 0.694. The summed E-state index contributed by atoms with van der Waals surface area (Å²) in [6.07, 6.45) is 7.16. The minimum atomic E-state index is -0.595. The van der Waals surface area contributed by atoms with Crippen LogP contribution in [0, 0.1) is 12.3 Å². The van der Waals surface area contributed by atoms with Crippen molar-refractivity contribution in [2.75, 3.05) is 13.1 Å². The third-order valence-electron chi connectivity index (χ3n) is 6.12. The van der Waals surface area contributed by atoms with E-state index in [1.165, 1.54) is 19.3 Å². The van der Waals surface area contributed by atoms with Crippen molar-refractivity contribution in [3.8, 4) is 5.75 Å². The number of benzene rings is 1. The van der Waals surface area contributed by atoms with Crippen molar-refractivity contribution in [1.82, 2.24) is 15.2 Å². The first kappa shape index (κ1) is 22.7. The number of piperidine rings is 1. The lowest BCUT2D eigenvalue weighted by molar-refractivity contribution is 0.0908.